The molecule has 0 spiro atoms. The van der Waals surface area contributed by atoms with E-state index in [1.807, 2.05) is 26.0 Å². The molecule has 0 aliphatic carbocycles. The minimum atomic E-state index is -3.94. The van der Waals surface area contributed by atoms with Gasteiger partial charge in [0.2, 0.25) is 5.91 Å². The van der Waals surface area contributed by atoms with E-state index in [2.05, 4.69) is 5.32 Å². The quantitative estimate of drug-likeness (QED) is 0.459. The Labute approximate surface area is 195 Å². The van der Waals surface area contributed by atoms with E-state index in [1.165, 1.54) is 12.1 Å². The number of ether oxygens (including phenoxy) is 2. The minimum absolute atomic E-state index is 0.126. The van der Waals surface area contributed by atoms with Crippen molar-refractivity contribution in [3.63, 3.8) is 0 Å². The van der Waals surface area contributed by atoms with E-state index in [4.69, 9.17) is 9.47 Å². The van der Waals surface area contributed by atoms with Crippen LogP contribution in [0.1, 0.15) is 11.1 Å². The normalized spacial score (nSPS) is 11.0. The Bertz CT molecular complexity index is 1180. The van der Waals surface area contributed by atoms with Gasteiger partial charge in [0.15, 0.2) is 0 Å². The van der Waals surface area contributed by atoms with E-state index >= 15 is 0 Å². The first-order chi connectivity index (χ1) is 15.8. The van der Waals surface area contributed by atoms with Gasteiger partial charge in [-0.15, -0.1) is 0 Å². The zero-order valence-corrected chi connectivity index (χ0v) is 19.8. The van der Waals surface area contributed by atoms with Crippen LogP contribution in [0.2, 0.25) is 0 Å². The number of aryl methyl sites for hydroxylation is 2. The van der Waals surface area contributed by atoms with Gasteiger partial charge in [-0.2, -0.15) is 0 Å². The number of methoxy groups -OCH3 is 1. The molecule has 0 atom stereocenters. The van der Waals surface area contributed by atoms with Crippen molar-refractivity contribution >= 4 is 21.6 Å². The lowest BCUT2D eigenvalue weighted by Crippen LogP contribution is -2.42. The van der Waals surface area contributed by atoms with Crippen LogP contribution in [0, 0.1) is 13.8 Å². The van der Waals surface area contributed by atoms with Crippen LogP contribution in [0.4, 0.5) is 5.69 Å². The van der Waals surface area contributed by atoms with Crippen LogP contribution in [0.5, 0.6) is 11.5 Å². The van der Waals surface area contributed by atoms with Gasteiger partial charge in [-0.25, -0.2) is 8.42 Å². The summed E-state index contributed by atoms with van der Waals surface area (Å²) >= 11 is 0. The molecule has 0 aliphatic rings. The molecular formula is C25H28N2O5S. The van der Waals surface area contributed by atoms with Gasteiger partial charge >= 0.3 is 0 Å². The maximum atomic E-state index is 13.4. The van der Waals surface area contributed by atoms with E-state index in [1.54, 1.807) is 55.6 Å². The number of hydrogen-bond acceptors (Lipinski definition) is 5. The third kappa shape index (κ3) is 6.26. The summed E-state index contributed by atoms with van der Waals surface area (Å²) in [6, 6.07) is 20.7. The summed E-state index contributed by atoms with van der Waals surface area (Å²) < 4.78 is 38.6. The standard InChI is InChI=1S/C25H28N2O5S/c1-19-9-14-24(20(2)17-19)27(33(29,30)23-7-5-4-6-8-23)18-25(28)26-15-16-32-22-12-10-21(31-3)11-13-22/h4-14,17H,15-16,18H2,1-3H3,(H,26,28). The minimum Gasteiger partial charge on any atom is -0.497 e. The second-order valence-corrected chi connectivity index (χ2v) is 9.35. The molecule has 0 unspecified atom stereocenters. The molecule has 1 N–H and O–H groups in total. The monoisotopic (exact) mass is 468 g/mol. The summed E-state index contributed by atoms with van der Waals surface area (Å²) in [4.78, 5) is 12.8. The van der Waals surface area contributed by atoms with Crippen LogP contribution in [-0.4, -0.2) is 41.1 Å². The number of anilines is 1. The van der Waals surface area contributed by atoms with Gasteiger partial charge in [0.05, 0.1) is 24.2 Å². The van der Waals surface area contributed by atoms with E-state index in [0.29, 0.717) is 11.4 Å². The fraction of sp³-hybridized carbons (Fsp3) is 0.240. The molecule has 7 nitrogen and oxygen atoms in total. The molecule has 0 heterocycles. The summed E-state index contributed by atoms with van der Waals surface area (Å²) in [6.45, 7) is 3.90. The van der Waals surface area contributed by atoms with Crippen molar-refractivity contribution in [1.29, 1.82) is 0 Å². The van der Waals surface area contributed by atoms with Crippen molar-refractivity contribution in [3.05, 3.63) is 83.9 Å². The Morgan fingerprint density at radius 1 is 0.939 bits per heavy atom. The van der Waals surface area contributed by atoms with Crippen molar-refractivity contribution < 1.29 is 22.7 Å². The van der Waals surface area contributed by atoms with Crippen molar-refractivity contribution in [3.8, 4) is 11.5 Å². The number of nitrogens with zero attached hydrogens (tertiary/aromatic N) is 1. The second kappa shape index (κ2) is 10.9. The topological polar surface area (TPSA) is 84.9 Å². The Morgan fingerprint density at radius 2 is 1.61 bits per heavy atom. The Morgan fingerprint density at radius 3 is 2.24 bits per heavy atom. The predicted octanol–water partition coefficient (Wildman–Crippen LogP) is 3.70. The number of rotatable bonds is 10. The third-order valence-corrected chi connectivity index (χ3v) is 6.77. The van der Waals surface area contributed by atoms with Crippen LogP contribution in [0.15, 0.2) is 77.7 Å². The Kier molecular flexibility index (Phi) is 7.95. The molecule has 0 aromatic heterocycles. The lowest BCUT2D eigenvalue weighted by molar-refractivity contribution is -0.119. The van der Waals surface area contributed by atoms with Crippen molar-refractivity contribution in [1.82, 2.24) is 5.32 Å². The molecule has 33 heavy (non-hydrogen) atoms. The summed E-state index contributed by atoms with van der Waals surface area (Å²) in [7, 11) is -2.35. The molecule has 0 fully saturated rings. The number of carbonyl (C=O) groups is 1. The highest BCUT2D eigenvalue weighted by Crippen LogP contribution is 2.27. The first-order valence-electron chi connectivity index (χ1n) is 10.5. The van der Waals surface area contributed by atoms with Crippen LogP contribution in [-0.2, 0) is 14.8 Å². The van der Waals surface area contributed by atoms with E-state index in [-0.39, 0.29) is 24.6 Å². The number of sulfonamides is 1. The molecule has 3 aromatic carbocycles. The molecule has 0 bridgehead atoms. The number of hydrogen-bond donors (Lipinski definition) is 1. The SMILES string of the molecule is COc1ccc(OCCNC(=O)CN(c2ccc(C)cc2C)S(=O)(=O)c2ccccc2)cc1. The first-order valence-corrected chi connectivity index (χ1v) is 11.9. The molecular weight excluding hydrogens is 440 g/mol. The molecule has 8 heteroatoms. The fourth-order valence-electron chi connectivity index (χ4n) is 3.32. The van der Waals surface area contributed by atoms with Crippen LogP contribution in [0.25, 0.3) is 0 Å². The summed E-state index contributed by atoms with van der Waals surface area (Å²) in [5.74, 6) is 0.947. The Hall–Kier alpha value is -3.52. The highest BCUT2D eigenvalue weighted by atomic mass is 32.2. The average molecular weight is 469 g/mol. The lowest BCUT2D eigenvalue weighted by atomic mass is 10.1. The highest BCUT2D eigenvalue weighted by Gasteiger charge is 2.28. The van der Waals surface area contributed by atoms with Gasteiger partial charge in [-0.05, 0) is 61.9 Å². The Balaban J connectivity index is 1.69. The van der Waals surface area contributed by atoms with Gasteiger partial charge in [0.1, 0.15) is 24.7 Å². The van der Waals surface area contributed by atoms with Gasteiger partial charge in [-0.3, -0.25) is 9.10 Å². The largest absolute Gasteiger partial charge is 0.497 e. The van der Waals surface area contributed by atoms with E-state index in [0.717, 1.165) is 21.2 Å². The number of nitrogens with one attached hydrogen (secondary N) is 1. The average Bonchev–Trinajstić information content (AvgIpc) is 2.81. The predicted molar refractivity (Wildman–Crippen MR) is 128 cm³/mol. The second-order valence-electron chi connectivity index (χ2n) is 7.49. The molecule has 0 saturated carbocycles. The summed E-state index contributed by atoms with van der Waals surface area (Å²) in [5.41, 5.74) is 2.24. The molecule has 3 aromatic rings. The maximum Gasteiger partial charge on any atom is 0.264 e. The van der Waals surface area contributed by atoms with Gasteiger partial charge in [-0.1, -0.05) is 35.9 Å². The highest BCUT2D eigenvalue weighted by molar-refractivity contribution is 7.92. The first kappa shape index (κ1) is 24.1. The maximum absolute atomic E-state index is 13.4. The van der Waals surface area contributed by atoms with Crippen LogP contribution >= 0.6 is 0 Å². The zero-order chi connectivity index (χ0) is 23.8. The summed E-state index contributed by atoms with van der Waals surface area (Å²) in [6.07, 6.45) is 0. The number of amides is 1. The molecule has 1 amide bonds. The van der Waals surface area contributed by atoms with Crippen LogP contribution in [0.3, 0.4) is 0 Å². The molecule has 174 valence electrons. The van der Waals surface area contributed by atoms with Gasteiger partial charge < -0.3 is 14.8 Å². The van der Waals surface area contributed by atoms with Crippen molar-refractivity contribution in [2.24, 2.45) is 0 Å². The van der Waals surface area contributed by atoms with Crippen molar-refractivity contribution in [2.75, 3.05) is 31.1 Å². The van der Waals surface area contributed by atoms with Crippen molar-refractivity contribution in [2.45, 2.75) is 18.7 Å². The third-order valence-electron chi connectivity index (χ3n) is 4.99. The molecule has 0 radical (unpaired) electrons. The lowest BCUT2D eigenvalue weighted by Gasteiger charge is -2.26. The van der Waals surface area contributed by atoms with E-state index < -0.39 is 15.9 Å². The van der Waals surface area contributed by atoms with Gasteiger partial charge in [0.25, 0.3) is 10.0 Å². The molecule has 0 aliphatic heterocycles. The zero-order valence-electron chi connectivity index (χ0n) is 18.9. The fourth-order valence-corrected chi connectivity index (χ4v) is 4.83. The number of carbonyl (C=O) groups excluding carboxylic acids is 1. The van der Waals surface area contributed by atoms with E-state index in [9.17, 15) is 13.2 Å². The molecule has 3 rings (SSSR count). The van der Waals surface area contributed by atoms with Gasteiger partial charge in [0, 0.05) is 0 Å². The smallest absolute Gasteiger partial charge is 0.264 e. The summed E-state index contributed by atoms with van der Waals surface area (Å²) in [5, 5.41) is 2.74. The molecule has 0 saturated heterocycles. The van der Waals surface area contributed by atoms with Crippen LogP contribution < -0.4 is 19.1 Å². The number of benzene rings is 3.